The second-order valence-corrected chi connectivity index (χ2v) is 5.88. The molecule has 0 aliphatic rings. The van der Waals surface area contributed by atoms with Crippen LogP contribution in [0.1, 0.15) is 44.5 Å². The number of unbranched alkanes of at least 4 members (excludes halogenated alkanes) is 1. The highest BCUT2D eigenvalue weighted by molar-refractivity contribution is 7.13. The number of ether oxygens (including phenoxy) is 2. The second-order valence-electron chi connectivity index (χ2n) is 4.86. The van der Waals surface area contributed by atoms with Crippen molar-refractivity contribution in [2.45, 2.75) is 46.1 Å². The smallest absolute Gasteiger partial charge is 0.294 e. The van der Waals surface area contributed by atoms with Crippen molar-refractivity contribution in [2.75, 3.05) is 26.9 Å². The summed E-state index contributed by atoms with van der Waals surface area (Å²) in [5.74, 6) is 0.627. The lowest BCUT2D eigenvalue weighted by molar-refractivity contribution is 0.199. The Bertz CT molecular complexity index is 347. The first-order valence-electron chi connectivity index (χ1n) is 7.44. The summed E-state index contributed by atoms with van der Waals surface area (Å²) in [4.78, 5) is 0. The lowest BCUT2D eigenvalue weighted by Gasteiger charge is -2.13. The maximum absolute atomic E-state index is 5.76. The number of hydrogen-bond acceptors (Lipinski definition) is 6. The van der Waals surface area contributed by atoms with Crippen molar-refractivity contribution in [3.05, 3.63) is 5.01 Å². The van der Waals surface area contributed by atoms with Gasteiger partial charge in [0, 0.05) is 20.2 Å². The maximum Gasteiger partial charge on any atom is 0.294 e. The summed E-state index contributed by atoms with van der Waals surface area (Å²) < 4.78 is 10.7. The van der Waals surface area contributed by atoms with Crippen molar-refractivity contribution in [3.8, 4) is 5.19 Å². The van der Waals surface area contributed by atoms with Crippen molar-refractivity contribution in [3.63, 3.8) is 0 Å². The molecule has 1 aromatic rings. The Morgan fingerprint density at radius 2 is 2.15 bits per heavy atom. The molecule has 0 fully saturated rings. The summed E-state index contributed by atoms with van der Waals surface area (Å²) in [6.45, 7) is 7.44. The van der Waals surface area contributed by atoms with E-state index in [0.29, 0.717) is 17.7 Å². The molecule has 5 nitrogen and oxygen atoms in total. The highest BCUT2D eigenvalue weighted by Gasteiger charge is 2.10. The van der Waals surface area contributed by atoms with Gasteiger partial charge in [-0.15, -0.1) is 10.2 Å². The van der Waals surface area contributed by atoms with Crippen LogP contribution in [0.3, 0.4) is 0 Å². The van der Waals surface area contributed by atoms with Crippen molar-refractivity contribution < 1.29 is 9.47 Å². The number of hydrogen-bond donors (Lipinski definition) is 1. The van der Waals surface area contributed by atoms with E-state index in [4.69, 9.17) is 9.47 Å². The van der Waals surface area contributed by atoms with E-state index in [1.807, 2.05) is 0 Å². The number of aromatic nitrogens is 2. The summed E-state index contributed by atoms with van der Waals surface area (Å²) in [6.07, 6.45) is 4.90. The van der Waals surface area contributed by atoms with Gasteiger partial charge in [-0.05, 0) is 12.3 Å². The average molecular weight is 301 g/mol. The third-order valence-corrected chi connectivity index (χ3v) is 4.03. The van der Waals surface area contributed by atoms with Crippen LogP contribution in [0.25, 0.3) is 0 Å². The Balaban J connectivity index is 2.25. The summed E-state index contributed by atoms with van der Waals surface area (Å²) in [6, 6.07) is 0. The topological polar surface area (TPSA) is 56.3 Å². The Morgan fingerprint density at radius 3 is 2.85 bits per heavy atom. The fourth-order valence-electron chi connectivity index (χ4n) is 1.82. The van der Waals surface area contributed by atoms with Crippen molar-refractivity contribution in [1.29, 1.82) is 0 Å². The zero-order valence-electron chi connectivity index (χ0n) is 12.9. The van der Waals surface area contributed by atoms with E-state index in [-0.39, 0.29) is 0 Å². The molecule has 0 aliphatic heterocycles. The van der Waals surface area contributed by atoms with E-state index in [9.17, 15) is 0 Å². The van der Waals surface area contributed by atoms with Gasteiger partial charge in [-0.25, -0.2) is 0 Å². The minimum absolute atomic E-state index is 0.627. The normalized spacial score (nSPS) is 12.6. The molecule has 0 aromatic carbocycles. The molecule has 6 heteroatoms. The molecule has 0 spiro atoms. The highest BCUT2D eigenvalue weighted by Crippen LogP contribution is 2.20. The van der Waals surface area contributed by atoms with Gasteiger partial charge >= 0.3 is 0 Å². The van der Waals surface area contributed by atoms with Gasteiger partial charge in [0.15, 0.2) is 0 Å². The number of nitrogens with zero attached hydrogens (tertiary/aromatic N) is 2. The molecule has 0 radical (unpaired) electrons. The average Bonchev–Trinajstić information content (AvgIpc) is 2.92. The Labute approximate surface area is 126 Å². The van der Waals surface area contributed by atoms with E-state index >= 15 is 0 Å². The molecular formula is C14H27N3O2S. The van der Waals surface area contributed by atoms with Crippen LogP contribution in [0.15, 0.2) is 0 Å². The molecule has 1 unspecified atom stereocenters. The van der Waals surface area contributed by atoms with E-state index in [0.717, 1.165) is 31.1 Å². The Kier molecular flexibility index (Phi) is 9.53. The molecule has 0 amide bonds. The summed E-state index contributed by atoms with van der Waals surface area (Å²) in [5.41, 5.74) is 0. The van der Waals surface area contributed by atoms with E-state index in [2.05, 4.69) is 29.4 Å². The molecular weight excluding hydrogens is 274 g/mol. The molecule has 0 aliphatic carbocycles. The van der Waals surface area contributed by atoms with Crippen molar-refractivity contribution in [2.24, 2.45) is 5.92 Å². The van der Waals surface area contributed by atoms with Gasteiger partial charge < -0.3 is 14.8 Å². The fraction of sp³-hybridized carbons (Fsp3) is 0.857. The first-order chi connectivity index (χ1) is 9.80. The molecule has 1 aromatic heterocycles. The molecule has 1 heterocycles. The van der Waals surface area contributed by atoms with Crippen LogP contribution in [-0.4, -0.2) is 37.1 Å². The van der Waals surface area contributed by atoms with Crippen LogP contribution in [0, 0.1) is 5.92 Å². The predicted octanol–water partition coefficient (Wildman–Crippen LogP) is 2.87. The number of nitrogens with one attached hydrogen (secondary N) is 1. The second kappa shape index (κ2) is 11.0. The van der Waals surface area contributed by atoms with Crippen molar-refractivity contribution >= 4 is 11.3 Å². The van der Waals surface area contributed by atoms with Crippen LogP contribution in [-0.2, 0) is 11.3 Å². The zero-order chi connectivity index (χ0) is 14.6. The molecule has 116 valence electrons. The minimum Gasteiger partial charge on any atom is -0.469 e. The van der Waals surface area contributed by atoms with Crippen LogP contribution in [0.4, 0.5) is 0 Å². The predicted molar refractivity (Wildman–Crippen MR) is 82.3 cm³/mol. The molecule has 0 bridgehead atoms. The molecule has 20 heavy (non-hydrogen) atoms. The van der Waals surface area contributed by atoms with Gasteiger partial charge in [0.1, 0.15) is 5.01 Å². The molecule has 0 saturated heterocycles. The van der Waals surface area contributed by atoms with Crippen LogP contribution in [0.2, 0.25) is 0 Å². The Hall–Kier alpha value is -0.720. The van der Waals surface area contributed by atoms with Crippen LogP contribution < -0.4 is 10.1 Å². The third kappa shape index (κ3) is 7.17. The minimum atomic E-state index is 0.627. The van der Waals surface area contributed by atoms with Crippen LogP contribution >= 0.6 is 11.3 Å². The van der Waals surface area contributed by atoms with Gasteiger partial charge in [0.2, 0.25) is 0 Å². The number of rotatable bonds is 12. The standard InChI is InChI=1S/C14H27N3O2S/c1-4-6-7-12(5-2)11-19-14-17-16-13(20-14)10-15-8-9-18-3/h12,15H,4-11H2,1-3H3. The van der Waals surface area contributed by atoms with Gasteiger partial charge in [-0.3, -0.25) is 0 Å². The molecule has 1 N–H and O–H groups in total. The first-order valence-corrected chi connectivity index (χ1v) is 8.26. The molecule has 1 atom stereocenters. The third-order valence-electron chi connectivity index (χ3n) is 3.19. The van der Waals surface area contributed by atoms with Gasteiger partial charge in [0.25, 0.3) is 5.19 Å². The maximum atomic E-state index is 5.76. The van der Waals surface area contributed by atoms with E-state index < -0.39 is 0 Å². The van der Waals surface area contributed by atoms with E-state index in [1.165, 1.54) is 30.6 Å². The van der Waals surface area contributed by atoms with E-state index in [1.54, 1.807) is 7.11 Å². The summed E-state index contributed by atoms with van der Waals surface area (Å²) in [7, 11) is 1.70. The molecule has 1 rings (SSSR count). The largest absolute Gasteiger partial charge is 0.469 e. The first kappa shape index (κ1) is 17.3. The SMILES string of the molecule is CCCCC(CC)COc1nnc(CNCCOC)s1. The van der Waals surface area contributed by atoms with Crippen molar-refractivity contribution in [1.82, 2.24) is 15.5 Å². The fourth-order valence-corrected chi connectivity index (χ4v) is 2.49. The van der Waals surface area contributed by atoms with Gasteiger partial charge in [0.05, 0.1) is 13.2 Å². The monoisotopic (exact) mass is 301 g/mol. The quantitative estimate of drug-likeness (QED) is 0.602. The number of methoxy groups -OCH3 is 1. The lowest BCUT2D eigenvalue weighted by atomic mass is 10.0. The Morgan fingerprint density at radius 1 is 1.30 bits per heavy atom. The zero-order valence-corrected chi connectivity index (χ0v) is 13.7. The molecule has 0 saturated carbocycles. The summed E-state index contributed by atoms with van der Waals surface area (Å²) in [5, 5.41) is 13.1. The van der Waals surface area contributed by atoms with Gasteiger partial charge in [-0.2, -0.15) is 0 Å². The summed E-state index contributed by atoms with van der Waals surface area (Å²) >= 11 is 1.52. The lowest BCUT2D eigenvalue weighted by Crippen LogP contribution is -2.18. The van der Waals surface area contributed by atoms with Crippen LogP contribution in [0.5, 0.6) is 5.19 Å². The highest BCUT2D eigenvalue weighted by atomic mass is 32.1. The van der Waals surface area contributed by atoms with Gasteiger partial charge in [-0.1, -0.05) is 44.4 Å².